The summed E-state index contributed by atoms with van der Waals surface area (Å²) in [7, 11) is 0. The molecule has 9 aliphatic rings. The molecule has 9 fully saturated rings. The van der Waals surface area contributed by atoms with Gasteiger partial charge in [0, 0.05) is 63.4 Å². The van der Waals surface area contributed by atoms with E-state index >= 15 is 0 Å². The Kier molecular flexibility index (Phi) is 7.96. The molecule has 1 heterocycles. The molecule has 0 aromatic heterocycles. The normalized spacial score (nSPS) is 38.8. The molecule has 244 valence electrons. The number of amides is 4. The van der Waals surface area contributed by atoms with Crippen molar-refractivity contribution in [3.8, 4) is 0 Å². The zero-order chi connectivity index (χ0) is 30.6. The minimum atomic E-state index is -0.214. The van der Waals surface area contributed by atoms with Gasteiger partial charge in [-0.15, -0.1) is 0 Å². The monoisotopic (exact) mass is 610 g/mol. The molecule has 0 aromatic rings. The average Bonchev–Trinajstić information content (AvgIpc) is 2.91. The van der Waals surface area contributed by atoms with Gasteiger partial charge in [-0.05, 0) is 113 Å². The maximum absolute atomic E-state index is 13.4. The van der Waals surface area contributed by atoms with Crippen LogP contribution in [0.3, 0.4) is 0 Å². The van der Waals surface area contributed by atoms with Crippen LogP contribution in [0, 0.1) is 46.3 Å². The van der Waals surface area contributed by atoms with Gasteiger partial charge in [-0.3, -0.25) is 30.4 Å². The first-order valence-corrected chi connectivity index (χ1v) is 17.4. The van der Waals surface area contributed by atoms with Crippen molar-refractivity contribution < 1.29 is 9.59 Å². The molecular weight excluding hydrogens is 556 g/mol. The van der Waals surface area contributed by atoms with Crippen LogP contribution in [0.1, 0.15) is 77.0 Å². The van der Waals surface area contributed by atoms with Crippen molar-refractivity contribution in [3.05, 3.63) is 0 Å². The third-order valence-electron chi connectivity index (χ3n) is 12.6. The van der Waals surface area contributed by atoms with E-state index < -0.39 is 0 Å². The van der Waals surface area contributed by atoms with Crippen molar-refractivity contribution in [2.75, 3.05) is 52.4 Å². The van der Waals surface area contributed by atoms with Crippen LogP contribution in [0.25, 0.3) is 0 Å². The Balaban J connectivity index is 0.854. The van der Waals surface area contributed by atoms with Crippen LogP contribution in [-0.4, -0.2) is 107 Å². The fourth-order valence-corrected chi connectivity index (χ4v) is 11.5. The molecule has 1 saturated heterocycles. The van der Waals surface area contributed by atoms with E-state index in [1.807, 2.05) is 0 Å². The molecule has 0 radical (unpaired) electrons. The number of nitrogens with two attached hydrogens (primary N) is 2. The van der Waals surface area contributed by atoms with Gasteiger partial charge in [0.25, 0.3) is 0 Å². The summed E-state index contributed by atoms with van der Waals surface area (Å²) in [6, 6.07) is -0.427. The largest absolute Gasteiger partial charge is 0.370 e. The molecule has 0 unspecified atom stereocenters. The number of urea groups is 2. The highest BCUT2D eigenvalue weighted by Crippen LogP contribution is 2.56. The van der Waals surface area contributed by atoms with Gasteiger partial charge in [-0.1, -0.05) is 0 Å². The van der Waals surface area contributed by atoms with Crippen molar-refractivity contribution in [3.63, 3.8) is 0 Å². The van der Waals surface area contributed by atoms with Crippen LogP contribution in [-0.2, 0) is 0 Å². The Morgan fingerprint density at radius 1 is 0.591 bits per heavy atom. The second kappa shape index (κ2) is 11.6. The number of carbonyl (C=O) groups excluding carboxylic acids is 2. The molecule has 4 amide bonds. The van der Waals surface area contributed by atoms with Crippen molar-refractivity contribution in [2.24, 2.45) is 47.0 Å². The lowest BCUT2D eigenvalue weighted by atomic mass is 9.53. The molecule has 8 N–H and O–H groups in total. The van der Waals surface area contributed by atoms with Crippen LogP contribution < -0.4 is 22.1 Å². The Morgan fingerprint density at radius 3 is 1.11 bits per heavy atom. The quantitative estimate of drug-likeness (QED) is 0.182. The lowest BCUT2D eigenvalue weighted by Gasteiger charge is -2.57. The lowest BCUT2D eigenvalue weighted by Crippen LogP contribution is -2.63. The van der Waals surface area contributed by atoms with E-state index in [-0.39, 0.29) is 35.1 Å². The van der Waals surface area contributed by atoms with Gasteiger partial charge in [-0.25, -0.2) is 9.59 Å². The molecule has 0 spiro atoms. The van der Waals surface area contributed by atoms with E-state index in [1.54, 1.807) is 0 Å². The number of nitrogens with zero attached hydrogens (tertiary/aromatic N) is 4. The van der Waals surface area contributed by atoms with E-state index in [0.29, 0.717) is 26.2 Å². The number of hydrogen-bond donors (Lipinski definition) is 6. The van der Waals surface area contributed by atoms with Gasteiger partial charge in [0.2, 0.25) is 0 Å². The van der Waals surface area contributed by atoms with Crippen LogP contribution in [0.4, 0.5) is 9.59 Å². The minimum Gasteiger partial charge on any atom is -0.370 e. The maximum atomic E-state index is 13.4. The van der Waals surface area contributed by atoms with Crippen molar-refractivity contribution in [2.45, 2.75) is 88.1 Å². The number of nitrogens with one attached hydrogen (secondary N) is 4. The summed E-state index contributed by atoms with van der Waals surface area (Å²) in [5.41, 5.74) is 11.6. The molecule has 1 aliphatic heterocycles. The van der Waals surface area contributed by atoms with Crippen LogP contribution in [0.15, 0.2) is 0 Å². The zero-order valence-electron chi connectivity index (χ0n) is 26.4. The van der Waals surface area contributed by atoms with Crippen molar-refractivity contribution in [1.29, 1.82) is 10.8 Å². The van der Waals surface area contributed by atoms with E-state index in [0.717, 1.165) is 100 Å². The third kappa shape index (κ3) is 6.12. The Bertz CT molecular complexity index is 991. The standard InChI is InChI=1S/C32H54N10O2/c33-27(34)41(29(43)37-31-15-21-9-22(16-31)11-23(10-21)17-31)7-5-39-1-2-40(4-3-39)6-8-42(28(35)36)30(44)38-32-18-24-12-25(19-32)14-26(13-24)20-32/h21-26H,1-20H2,(H3,33,34)(H3,35,36)(H,37,43)(H,38,44). The maximum Gasteiger partial charge on any atom is 0.324 e. The van der Waals surface area contributed by atoms with Gasteiger partial charge in [0.15, 0.2) is 11.9 Å². The van der Waals surface area contributed by atoms with Crippen molar-refractivity contribution in [1.82, 2.24) is 30.2 Å². The molecule has 9 rings (SSSR count). The first-order chi connectivity index (χ1) is 21.1. The second-order valence-corrected chi connectivity index (χ2v) is 16.0. The lowest BCUT2D eigenvalue weighted by molar-refractivity contribution is -0.0152. The highest BCUT2D eigenvalue weighted by Gasteiger charge is 2.53. The Labute approximate surface area is 262 Å². The zero-order valence-corrected chi connectivity index (χ0v) is 26.4. The highest BCUT2D eigenvalue weighted by atomic mass is 16.2. The summed E-state index contributed by atoms with van der Waals surface area (Å²) in [4.78, 5) is 34.2. The summed E-state index contributed by atoms with van der Waals surface area (Å²) in [6.07, 6.45) is 14.3. The minimum absolute atomic E-state index is 0.106. The van der Waals surface area contributed by atoms with E-state index in [2.05, 4.69) is 20.4 Å². The first-order valence-electron chi connectivity index (χ1n) is 17.4. The number of guanidine groups is 2. The van der Waals surface area contributed by atoms with Gasteiger partial charge in [0.1, 0.15) is 0 Å². The molecule has 12 heteroatoms. The summed E-state index contributed by atoms with van der Waals surface area (Å²) < 4.78 is 0. The molecule has 8 saturated carbocycles. The molecule has 0 atom stereocenters. The van der Waals surface area contributed by atoms with E-state index in [1.165, 1.54) is 48.3 Å². The van der Waals surface area contributed by atoms with Gasteiger partial charge < -0.3 is 22.1 Å². The summed E-state index contributed by atoms with van der Waals surface area (Å²) >= 11 is 0. The van der Waals surface area contributed by atoms with Gasteiger partial charge >= 0.3 is 12.1 Å². The molecule has 44 heavy (non-hydrogen) atoms. The average molecular weight is 611 g/mol. The first kappa shape index (κ1) is 30.1. The van der Waals surface area contributed by atoms with E-state index in [9.17, 15) is 9.59 Å². The number of piperazine rings is 1. The smallest absolute Gasteiger partial charge is 0.324 e. The third-order valence-corrected chi connectivity index (χ3v) is 12.6. The molecule has 12 nitrogen and oxygen atoms in total. The predicted molar refractivity (Wildman–Crippen MR) is 169 cm³/mol. The molecular formula is C32H54N10O2. The topological polar surface area (TPSA) is 171 Å². The predicted octanol–water partition coefficient (Wildman–Crippen LogP) is 2.35. The second-order valence-electron chi connectivity index (χ2n) is 16.0. The Hall–Kier alpha value is -2.60. The molecule has 8 aliphatic carbocycles. The summed E-state index contributed by atoms with van der Waals surface area (Å²) in [6.45, 7) is 5.46. The van der Waals surface area contributed by atoms with Gasteiger partial charge in [-0.2, -0.15) is 0 Å². The fourth-order valence-electron chi connectivity index (χ4n) is 11.5. The molecule has 8 bridgehead atoms. The van der Waals surface area contributed by atoms with Crippen molar-refractivity contribution >= 4 is 24.0 Å². The fraction of sp³-hybridized carbons (Fsp3) is 0.875. The van der Waals surface area contributed by atoms with Gasteiger partial charge in [0.05, 0.1) is 0 Å². The number of rotatable bonds is 8. The SMILES string of the molecule is N=C(N)N(CCN1CCN(CCN(C(=N)N)C(=O)NC23CC4CC(CC(C4)C2)C3)CC1)C(=O)NC12CC3CC(CC(C3)C1)C2. The van der Waals surface area contributed by atoms with Crippen LogP contribution in [0.2, 0.25) is 0 Å². The van der Waals surface area contributed by atoms with E-state index in [4.69, 9.17) is 22.3 Å². The number of carbonyl (C=O) groups is 2. The van der Waals surface area contributed by atoms with Crippen LogP contribution >= 0.6 is 0 Å². The summed E-state index contributed by atoms with van der Waals surface area (Å²) in [5.74, 6) is 4.04. The van der Waals surface area contributed by atoms with Crippen LogP contribution in [0.5, 0.6) is 0 Å². The highest BCUT2D eigenvalue weighted by molar-refractivity contribution is 5.94. The Morgan fingerprint density at radius 2 is 0.864 bits per heavy atom. The number of hydrogen-bond acceptors (Lipinski definition) is 6. The molecule has 0 aromatic carbocycles. The summed E-state index contributed by atoms with van der Waals surface area (Å²) in [5, 5.41) is 23.0.